The molecule has 0 radical (unpaired) electrons. The predicted octanol–water partition coefficient (Wildman–Crippen LogP) is 1.05. The quantitative estimate of drug-likeness (QED) is 0.630. The summed E-state index contributed by atoms with van der Waals surface area (Å²) in [6.07, 6.45) is 0. The number of methoxy groups -OCH3 is 1. The standard InChI is InChI=1S/C8H9N3O/c1-6-4-3-5-7-9-8(12-2)10-11(6)7/h3-5H,1-2H3. The summed E-state index contributed by atoms with van der Waals surface area (Å²) < 4.78 is 6.66. The van der Waals surface area contributed by atoms with E-state index >= 15 is 0 Å². The largest absolute Gasteiger partial charge is 0.466 e. The van der Waals surface area contributed by atoms with Crippen molar-refractivity contribution in [3.63, 3.8) is 0 Å². The lowest BCUT2D eigenvalue weighted by Crippen LogP contribution is -1.92. The minimum atomic E-state index is 0.407. The van der Waals surface area contributed by atoms with Crippen LogP contribution in [0.2, 0.25) is 0 Å². The highest BCUT2D eigenvalue weighted by atomic mass is 16.5. The summed E-state index contributed by atoms with van der Waals surface area (Å²) in [5.41, 5.74) is 1.86. The van der Waals surface area contributed by atoms with Crippen molar-refractivity contribution in [1.82, 2.24) is 14.6 Å². The molecule has 0 unspecified atom stereocenters. The Kier molecular flexibility index (Phi) is 1.46. The number of nitrogens with zero attached hydrogens (tertiary/aromatic N) is 3. The zero-order valence-electron chi connectivity index (χ0n) is 6.98. The number of aromatic nitrogens is 3. The Morgan fingerprint density at radius 3 is 2.92 bits per heavy atom. The molecule has 62 valence electrons. The second-order valence-corrected chi connectivity index (χ2v) is 2.54. The van der Waals surface area contributed by atoms with E-state index in [9.17, 15) is 0 Å². The minimum absolute atomic E-state index is 0.407. The maximum atomic E-state index is 4.91. The van der Waals surface area contributed by atoms with Gasteiger partial charge in [-0.2, -0.15) is 4.98 Å². The van der Waals surface area contributed by atoms with Crippen molar-refractivity contribution in [3.8, 4) is 6.01 Å². The van der Waals surface area contributed by atoms with Crippen molar-refractivity contribution in [2.24, 2.45) is 0 Å². The second-order valence-electron chi connectivity index (χ2n) is 2.54. The van der Waals surface area contributed by atoms with Gasteiger partial charge in [0.15, 0.2) is 5.65 Å². The number of aryl methyl sites for hydroxylation is 1. The van der Waals surface area contributed by atoms with E-state index in [4.69, 9.17) is 4.74 Å². The fourth-order valence-electron chi connectivity index (χ4n) is 1.10. The topological polar surface area (TPSA) is 39.4 Å². The van der Waals surface area contributed by atoms with Crippen molar-refractivity contribution in [2.75, 3.05) is 7.11 Å². The van der Waals surface area contributed by atoms with E-state index in [0.717, 1.165) is 11.3 Å². The number of pyridine rings is 1. The molecular formula is C8H9N3O. The second kappa shape index (κ2) is 2.48. The first-order valence-corrected chi connectivity index (χ1v) is 3.67. The van der Waals surface area contributed by atoms with Gasteiger partial charge in [-0.1, -0.05) is 6.07 Å². The van der Waals surface area contributed by atoms with E-state index in [1.54, 1.807) is 11.6 Å². The van der Waals surface area contributed by atoms with E-state index in [1.807, 2.05) is 25.1 Å². The van der Waals surface area contributed by atoms with Crippen LogP contribution in [0, 0.1) is 6.92 Å². The maximum absolute atomic E-state index is 4.91. The Labute approximate surface area is 69.8 Å². The third-order valence-electron chi connectivity index (χ3n) is 1.71. The average molecular weight is 163 g/mol. The highest BCUT2D eigenvalue weighted by molar-refractivity contribution is 5.39. The van der Waals surface area contributed by atoms with Gasteiger partial charge in [0.05, 0.1) is 7.11 Å². The molecule has 2 aromatic rings. The molecule has 0 aliphatic heterocycles. The molecule has 0 saturated carbocycles. The SMILES string of the molecule is COc1nc2cccc(C)n2n1. The molecule has 0 aromatic carbocycles. The van der Waals surface area contributed by atoms with Crippen molar-refractivity contribution in [2.45, 2.75) is 6.92 Å². The van der Waals surface area contributed by atoms with Gasteiger partial charge in [0, 0.05) is 5.69 Å². The molecule has 0 N–H and O–H groups in total. The van der Waals surface area contributed by atoms with E-state index in [-0.39, 0.29) is 0 Å². The van der Waals surface area contributed by atoms with Crippen molar-refractivity contribution in [1.29, 1.82) is 0 Å². The molecule has 2 rings (SSSR count). The summed E-state index contributed by atoms with van der Waals surface area (Å²) in [6.45, 7) is 1.97. The molecule has 4 heteroatoms. The first-order valence-electron chi connectivity index (χ1n) is 3.67. The van der Waals surface area contributed by atoms with Crippen LogP contribution < -0.4 is 4.74 Å². The lowest BCUT2D eigenvalue weighted by atomic mass is 10.4. The highest BCUT2D eigenvalue weighted by Gasteiger charge is 2.02. The van der Waals surface area contributed by atoms with E-state index in [0.29, 0.717) is 6.01 Å². The summed E-state index contributed by atoms with van der Waals surface area (Å²) in [7, 11) is 1.56. The summed E-state index contributed by atoms with van der Waals surface area (Å²) in [4.78, 5) is 4.12. The normalized spacial score (nSPS) is 10.5. The summed E-state index contributed by atoms with van der Waals surface area (Å²) in [5.74, 6) is 0. The smallest absolute Gasteiger partial charge is 0.336 e. The maximum Gasteiger partial charge on any atom is 0.336 e. The van der Waals surface area contributed by atoms with Crippen LogP contribution in [0.4, 0.5) is 0 Å². The van der Waals surface area contributed by atoms with E-state index < -0.39 is 0 Å². The number of ether oxygens (including phenoxy) is 1. The molecule has 12 heavy (non-hydrogen) atoms. The minimum Gasteiger partial charge on any atom is -0.466 e. The molecule has 0 amide bonds. The van der Waals surface area contributed by atoms with Gasteiger partial charge in [-0.25, -0.2) is 4.52 Å². The molecule has 0 fully saturated rings. The number of hydrogen-bond acceptors (Lipinski definition) is 3. The molecule has 2 aromatic heterocycles. The third-order valence-corrected chi connectivity index (χ3v) is 1.71. The highest BCUT2D eigenvalue weighted by Crippen LogP contribution is 2.08. The van der Waals surface area contributed by atoms with Crippen molar-refractivity contribution < 1.29 is 4.74 Å². The summed E-state index contributed by atoms with van der Waals surface area (Å²) in [5, 5.41) is 4.11. The zero-order valence-corrected chi connectivity index (χ0v) is 6.98. The third kappa shape index (κ3) is 0.922. The van der Waals surface area contributed by atoms with E-state index in [2.05, 4.69) is 10.1 Å². The van der Waals surface area contributed by atoms with Crippen molar-refractivity contribution >= 4 is 5.65 Å². The predicted molar refractivity (Wildman–Crippen MR) is 44.3 cm³/mol. The molecule has 4 nitrogen and oxygen atoms in total. The number of rotatable bonds is 1. The monoisotopic (exact) mass is 163 g/mol. The molecule has 0 spiro atoms. The van der Waals surface area contributed by atoms with Crippen LogP contribution in [0.3, 0.4) is 0 Å². The molecule has 0 saturated heterocycles. The van der Waals surface area contributed by atoms with Gasteiger partial charge < -0.3 is 4.74 Å². The van der Waals surface area contributed by atoms with Gasteiger partial charge in [-0.15, -0.1) is 5.10 Å². The molecule has 0 aliphatic carbocycles. The molecule has 0 aliphatic rings. The van der Waals surface area contributed by atoms with Crippen LogP contribution in [0.1, 0.15) is 5.69 Å². The van der Waals surface area contributed by atoms with Crippen LogP contribution in [-0.4, -0.2) is 21.7 Å². The first kappa shape index (κ1) is 7.09. The molecule has 2 heterocycles. The molecule has 0 atom stereocenters. The van der Waals surface area contributed by atoms with Crippen LogP contribution in [0.25, 0.3) is 5.65 Å². The molecule has 0 bridgehead atoms. The van der Waals surface area contributed by atoms with Gasteiger partial charge in [0.2, 0.25) is 0 Å². The molecular weight excluding hydrogens is 154 g/mol. The Hall–Kier alpha value is -1.58. The summed E-state index contributed by atoms with van der Waals surface area (Å²) in [6, 6.07) is 6.21. The fourth-order valence-corrected chi connectivity index (χ4v) is 1.10. The van der Waals surface area contributed by atoms with Gasteiger partial charge >= 0.3 is 6.01 Å². The fraction of sp³-hybridized carbons (Fsp3) is 0.250. The van der Waals surface area contributed by atoms with Gasteiger partial charge in [-0.3, -0.25) is 0 Å². The van der Waals surface area contributed by atoms with Crippen LogP contribution in [-0.2, 0) is 0 Å². The average Bonchev–Trinajstić information content (AvgIpc) is 2.49. The lowest BCUT2D eigenvalue weighted by molar-refractivity contribution is 0.380. The van der Waals surface area contributed by atoms with Crippen LogP contribution in [0.15, 0.2) is 18.2 Å². The Bertz CT molecular complexity index is 408. The Morgan fingerprint density at radius 2 is 2.25 bits per heavy atom. The van der Waals surface area contributed by atoms with Crippen LogP contribution in [0.5, 0.6) is 6.01 Å². The van der Waals surface area contributed by atoms with Gasteiger partial charge in [0.25, 0.3) is 0 Å². The zero-order chi connectivity index (χ0) is 8.55. The summed E-state index contributed by atoms with van der Waals surface area (Å²) >= 11 is 0. The van der Waals surface area contributed by atoms with Crippen molar-refractivity contribution in [3.05, 3.63) is 23.9 Å². The van der Waals surface area contributed by atoms with E-state index in [1.165, 1.54) is 0 Å². The lowest BCUT2D eigenvalue weighted by Gasteiger charge is -1.93. The Balaban J connectivity index is 2.74. The van der Waals surface area contributed by atoms with Gasteiger partial charge in [0.1, 0.15) is 0 Å². The van der Waals surface area contributed by atoms with Gasteiger partial charge in [-0.05, 0) is 19.1 Å². The Morgan fingerprint density at radius 1 is 1.42 bits per heavy atom. The van der Waals surface area contributed by atoms with Crippen LogP contribution >= 0.6 is 0 Å². The number of hydrogen-bond donors (Lipinski definition) is 0. The number of fused-ring (bicyclic) bond motifs is 1. The first-order chi connectivity index (χ1) is 5.81.